The van der Waals surface area contributed by atoms with Gasteiger partial charge in [0.1, 0.15) is 0 Å². The van der Waals surface area contributed by atoms with Crippen LogP contribution < -0.4 is 0 Å². The molecule has 1 unspecified atom stereocenters. The molecule has 0 saturated carbocycles. The van der Waals surface area contributed by atoms with E-state index in [1.807, 2.05) is 32.6 Å². The van der Waals surface area contributed by atoms with Gasteiger partial charge in [-0.2, -0.15) is 0 Å². The van der Waals surface area contributed by atoms with Gasteiger partial charge in [-0.15, -0.1) is 0 Å². The van der Waals surface area contributed by atoms with E-state index in [1.165, 1.54) is 0 Å². The minimum absolute atomic E-state index is 0.0301. The molecule has 1 aliphatic carbocycles. The Morgan fingerprint density at radius 1 is 1.62 bits per heavy atom. The van der Waals surface area contributed by atoms with Gasteiger partial charge >= 0.3 is 70.1 Å². The van der Waals surface area contributed by atoms with Crippen LogP contribution in [0.25, 0.3) is 0 Å². The molecule has 0 fully saturated rings. The summed E-state index contributed by atoms with van der Waals surface area (Å²) in [6.45, 7) is 0. The fraction of sp³-hybridized carbons (Fsp3) is 0.200. The van der Waals surface area contributed by atoms with Crippen LogP contribution in [0.15, 0.2) is 21.1 Å². The molecular formula is C5H3Cl2Ti. The van der Waals surface area contributed by atoms with Crippen LogP contribution in [0.5, 0.6) is 0 Å². The summed E-state index contributed by atoms with van der Waals surface area (Å²) in [5.74, 6) is 0. The molecule has 0 saturated heterocycles. The van der Waals surface area contributed by atoms with Crippen molar-refractivity contribution in [1.29, 1.82) is 0 Å². The first-order chi connectivity index (χ1) is 3.72. The second-order valence-electron chi connectivity index (χ2n) is 1.52. The van der Waals surface area contributed by atoms with Crippen molar-refractivity contribution >= 4 is 23.2 Å². The zero-order chi connectivity index (χ0) is 6.15. The predicted molar refractivity (Wildman–Crippen MR) is 31.7 cm³/mol. The average Bonchev–Trinajstić information content (AvgIpc) is 1.98. The summed E-state index contributed by atoms with van der Waals surface area (Å²) >= 11 is 13.3. The van der Waals surface area contributed by atoms with Crippen molar-refractivity contribution in [3.05, 3.63) is 21.1 Å². The Bertz CT molecular complexity index is 160. The molecule has 0 heterocycles. The van der Waals surface area contributed by atoms with Crippen molar-refractivity contribution in [2.24, 2.45) is 0 Å². The fourth-order valence-corrected chi connectivity index (χ4v) is 1.20. The normalized spacial score (nSPS) is 27.4. The molecule has 1 aliphatic rings. The number of rotatable bonds is 0. The molecule has 0 N–H and O–H groups in total. The monoisotopic (exact) mass is 181 g/mol. The second-order valence-corrected chi connectivity index (χ2v) is 3.24. The average molecular weight is 182 g/mol. The standard InChI is InChI=1S/C5H3Cl2.Ti/c6-4-1-2-5(7)3-4;/h1-2,4H;. The summed E-state index contributed by atoms with van der Waals surface area (Å²) in [7, 11) is 0. The zero-order valence-corrected chi connectivity index (χ0v) is 7.06. The van der Waals surface area contributed by atoms with E-state index in [-0.39, 0.29) is 5.38 Å². The van der Waals surface area contributed by atoms with Gasteiger partial charge in [0.25, 0.3) is 0 Å². The summed E-state index contributed by atoms with van der Waals surface area (Å²) in [5.41, 5.74) is 0. The topological polar surface area (TPSA) is 0 Å². The third kappa shape index (κ3) is 1.19. The van der Waals surface area contributed by atoms with E-state index >= 15 is 0 Å². The Kier molecular flexibility index (Phi) is 2.22. The third-order valence-electron chi connectivity index (χ3n) is 0.945. The van der Waals surface area contributed by atoms with E-state index < -0.39 is 0 Å². The van der Waals surface area contributed by atoms with Crippen LogP contribution in [0.2, 0.25) is 0 Å². The molecule has 1 atom stereocenters. The molecule has 0 spiro atoms. The Labute approximate surface area is 69.9 Å². The summed E-state index contributed by atoms with van der Waals surface area (Å²) in [6.07, 6.45) is 3.70. The summed E-state index contributed by atoms with van der Waals surface area (Å²) in [4.78, 5) is 0. The number of allylic oxidation sites excluding steroid dienone is 4. The molecule has 0 nitrogen and oxygen atoms in total. The van der Waals surface area contributed by atoms with E-state index in [1.54, 1.807) is 0 Å². The van der Waals surface area contributed by atoms with Gasteiger partial charge in [0, 0.05) is 0 Å². The number of alkyl halides is 1. The molecule has 0 aliphatic heterocycles. The van der Waals surface area contributed by atoms with Crippen molar-refractivity contribution in [3.8, 4) is 0 Å². The molecule has 0 aromatic rings. The van der Waals surface area contributed by atoms with Crippen molar-refractivity contribution in [2.75, 3.05) is 0 Å². The molecule has 0 radical (unpaired) electrons. The number of hydrogen-bond acceptors (Lipinski definition) is 0. The van der Waals surface area contributed by atoms with E-state index in [9.17, 15) is 0 Å². The van der Waals surface area contributed by atoms with Crippen molar-refractivity contribution in [2.45, 2.75) is 5.38 Å². The Morgan fingerprint density at radius 3 is 2.38 bits per heavy atom. The van der Waals surface area contributed by atoms with E-state index in [4.69, 9.17) is 23.2 Å². The zero-order valence-electron chi connectivity index (χ0n) is 3.99. The predicted octanol–water partition coefficient (Wildman–Crippen LogP) is 2.16. The first kappa shape index (κ1) is 6.89. The van der Waals surface area contributed by atoms with Crippen LogP contribution in [-0.4, -0.2) is 5.38 Å². The molecule has 0 bridgehead atoms. The van der Waals surface area contributed by atoms with Crippen LogP contribution in [0.1, 0.15) is 0 Å². The SMILES string of the molecule is ClC1=[C]([Ti])C(Cl)C=C1. The molecule has 41 valence electrons. The molecular weight excluding hydrogens is 179 g/mol. The third-order valence-corrected chi connectivity index (χ3v) is 3.08. The number of halogens is 2. The van der Waals surface area contributed by atoms with Crippen LogP contribution in [0.3, 0.4) is 0 Å². The Balaban J connectivity index is 2.85. The van der Waals surface area contributed by atoms with Crippen molar-refractivity contribution < 1.29 is 20.4 Å². The molecule has 1 rings (SSSR count). The van der Waals surface area contributed by atoms with Gasteiger partial charge in [0.15, 0.2) is 0 Å². The molecule has 3 heteroatoms. The molecule has 0 aromatic carbocycles. The fourth-order valence-electron chi connectivity index (χ4n) is 0.487. The van der Waals surface area contributed by atoms with E-state index in [0.29, 0.717) is 0 Å². The van der Waals surface area contributed by atoms with Crippen LogP contribution in [0.4, 0.5) is 0 Å². The minimum atomic E-state index is 0.0301. The molecule has 8 heavy (non-hydrogen) atoms. The number of hydrogen-bond donors (Lipinski definition) is 0. The van der Waals surface area contributed by atoms with Crippen molar-refractivity contribution in [1.82, 2.24) is 0 Å². The van der Waals surface area contributed by atoms with Crippen LogP contribution in [-0.2, 0) is 20.4 Å². The van der Waals surface area contributed by atoms with E-state index in [2.05, 4.69) is 0 Å². The summed E-state index contributed by atoms with van der Waals surface area (Å²) in [5, 5.41) is 0.813. The van der Waals surface area contributed by atoms with Gasteiger partial charge in [-0.25, -0.2) is 0 Å². The van der Waals surface area contributed by atoms with Gasteiger partial charge in [-0.05, 0) is 0 Å². The van der Waals surface area contributed by atoms with Gasteiger partial charge in [0.2, 0.25) is 0 Å². The van der Waals surface area contributed by atoms with Gasteiger partial charge < -0.3 is 0 Å². The van der Waals surface area contributed by atoms with Gasteiger partial charge in [-0.1, -0.05) is 0 Å². The summed E-state index contributed by atoms with van der Waals surface area (Å²) in [6, 6.07) is 0. The quantitative estimate of drug-likeness (QED) is 0.397. The van der Waals surface area contributed by atoms with Crippen LogP contribution in [0, 0.1) is 0 Å². The Morgan fingerprint density at radius 2 is 2.25 bits per heavy atom. The van der Waals surface area contributed by atoms with Gasteiger partial charge in [-0.3, -0.25) is 0 Å². The van der Waals surface area contributed by atoms with E-state index in [0.717, 1.165) is 8.91 Å². The molecule has 0 amide bonds. The van der Waals surface area contributed by atoms with Crippen LogP contribution >= 0.6 is 23.2 Å². The maximum atomic E-state index is 5.73. The van der Waals surface area contributed by atoms with Gasteiger partial charge in [0.05, 0.1) is 0 Å². The van der Waals surface area contributed by atoms with Crippen molar-refractivity contribution in [3.63, 3.8) is 0 Å². The maximum absolute atomic E-state index is 5.73. The first-order valence-electron chi connectivity index (χ1n) is 2.15. The summed E-state index contributed by atoms with van der Waals surface area (Å²) < 4.78 is 1.05. The Hall–Kier alpha value is 0.774. The second kappa shape index (κ2) is 2.57. The first-order valence-corrected chi connectivity index (χ1v) is 3.75. The molecule has 0 aromatic heterocycles.